The van der Waals surface area contributed by atoms with Crippen molar-refractivity contribution in [1.29, 1.82) is 0 Å². The molecule has 0 aliphatic carbocycles. The first kappa shape index (κ1) is 20.8. The molecule has 0 unspecified atom stereocenters. The number of nitrogens with zero attached hydrogens (tertiary/aromatic N) is 1. The number of rotatable bonds is 6. The van der Waals surface area contributed by atoms with Crippen molar-refractivity contribution in [2.24, 2.45) is 0 Å². The molecule has 0 saturated heterocycles. The van der Waals surface area contributed by atoms with E-state index >= 15 is 0 Å². The van der Waals surface area contributed by atoms with Gasteiger partial charge in [0.1, 0.15) is 0 Å². The van der Waals surface area contributed by atoms with Crippen molar-refractivity contribution >= 4 is 40.6 Å². The topological polar surface area (TPSA) is 81.5 Å². The van der Waals surface area contributed by atoms with Gasteiger partial charge in [-0.3, -0.25) is 14.9 Å². The number of ether oxygens (including phenoxy) is 1. The van der Waals surface area contributed by atoms with Gasteiger partial charge < -0.3 is 10.1 Å². The van der Waals surface area contributed by atoms with Crippen LogP contribution in [0.5, 0.6) is 5.75 Å². The largest absolute Gasteiger partial charge is 0.477 e. The van der Waals surface area contributed by atoms with Gasteiger partial charge in [-0.15, -0.1) is 11.8 Å². The molecule has 27 heavy (non-hydrogen) atoms. The lowest BCUT2D eigenvalue weighted by molar-refractivity contribution is -0.386. The Kier molecular flexibility index (Phi) is 6.55. The summed E-state index contributed by atoms with van der Waals surface area (Å²) in [7, 11) is 0. The molecule has 0 atom stereocenters. The van der Waals surface area contributed by atoms with E-state index in [1.165, 1.54) is 23.9 Å². The number of thioether (sulfide) groups is 1. The number of benzene rings is 2. The van der Waals surface area contributed by atoms with E-state index in [-0.39, 0.29) is 22.1 Å². The number of carbonyl (C=O) groups is 1. The first-order valence-corrected chi connectivity index (χ1v) is 8.84. The van der Waals surface area contributed by atoms with E-state index in [0.717, 1.165) is 12.1 Å². The maximum atomic E-state index is 12.7. The molecule has 2 rings (SSSR count). The summed E-state index contributed by atoms with van der Waals surface area (Å²) in [5.41, 5.74) is -1.55. The summed E-state index contributed by atoms with van der Waals surface area (Å²) in [6, 6.07) is 6.69. The van der Waals surface area contributed by atoms with E-state index in [1.807, 2.05) is 0 Å². The van der Waals surface area contributed by atoms with E-state index in [4.69, 9.17) is 16.3 Å². The average Bonchev–Trinajstić information content (AvgIpc) is 2.60. The van der Waals surface area contributed by atoms with Crippen LogP contribution in [-0.4, -0.2) is 23.7 Å². The summed E-state index contributed by atoms with van der Waals surface area (Å²) >= 11 is 7.09. The van der Waals surface area contributed by atoms with Crippen molar-refractivity contribution in [3.05, 3.63) is 57.1 Å². The monoisotopic (exact) mass is 420 g/mol. The maximum absolute atomic E-state index is 12.7. The van der Waals surface area contributed by atoms with Crippen LogP contribution in [0.25, 0.3) is 0 Å². The van der Waals surface area contributed by atoms with E-state index in [9.17, 15) is 28.1 Å². The van der Waals surface area contributed by atoms with E-state index < -0.39 is 29.2 Å². The Morgan fingerprint density at radius 2 is 2.00 bits per heavy atom. The lowest BCUT2D eigenvalue weighted by Crippen LogP contribution is -2.21. The van der Waals surface area contributed by atoms with Crippen LogP contribution in [0.3, 0.4) is 0 Å². The van der Waals surface area contributed by atoms with Gasteiger partial charge in [-0.05, 0) is 36.6 Å². The highest BCUT2D eigenvalue weighted by atomic mass is 35.5. The summed E-state index contributed by atoms with van der Waals surface area (Å²) in [6.45, 7) is -0.647. The molecule has 0 aliphatic rings. The zero-order valence-corrected chi connectivity index (χ0v) is 15.2. The van der Waals surface area contributed by atoms with Crippen molar-refractivity contribution in [3.63, 3.8) is 0 Å². The number of amides is 1. The highest BCUT2D eigenvalue weighted by Crippen LogP contribution is 2.34. The summed E-state index contributed by atoms with van der Waals surface area (Å²) in [5.74, 6) is -0.956. The van der Waals surface area contributed by atoms with Gasteiger partial charge in [0.05, 0.1) is 21.2 Å². The average molecular weight is 421 g/mol. The van der Waals surface area contributed by atoms with Crippen molar-refractivity contribution in [1.82, 2.24) is 0 Å². The molecule has 0 radical (unpaired) electrons. The van der Waals surface area contributed by atoms with Crippen LogP contribution in [0.4, 0.5) is 24.5 Å². The molecule has 0 fully saturated rings. The number of hydrogen-bond acceptors (Lipinski definition) is 5. The highest BCUT2D eigenvalue weighted by Gasteiger charge is 2.31. The lowest BCUT2D eigenvalue weighted by atomic mass is 10.2. The summed E-state index contributed by atoms with van der Waals surface area (Å²) in [6.07, 6.45) is -2.86. The van der Waals surface area contributed by atoms with Crippen LogP contribution < -0.4 is 10.1 Å². The highest BCUT2D eigenvalue weighted by molar-refractivity contribution is 7.98. The van der Waals surface area contributed by atoms with Crippen LogP contribution in [0.15, 0.2) is 41.3 Å². The molecule has 1 amide bonds. The predicted molar refractivity (Wildman–Crippen MR) is 95.5 cm³/mol. The van der Waals surface area contributed by atoms with Crippen LogP contribution in [0, 0.1) is 10.1 Å². The minimum Gasteiger partial charge on any atom is -0.477 e. The Bertz CT molecular complexity index is 877. The summed E-state index contributed by atoms with van der Waals surface area (Å²) in [5, 5.41) is 13.2. The van der Waals surface area contributed by atoms with Gasteiger partial charge in [0.15, 0.2) is 12.4 Å². The van der Waals surface area contributed by atoms with Crippen molar-refractivity contribution in [2.75, 3.05) is 18.2 Å². The Labute approximate surface area is 160 Å². The molecule has 0 saturated carbocycles. The Morgan fingerprint density at radius 1 is 1.30 bits per heavy atom. The fourth-order valence-electron chi connectivity index (χ4n) is 2.02. The van der Waals surface area contributed by atoms with Gasteiger partial charge >= 0.3 is 11.9 Å². The van der Waals surface area contributed by atoms with Gasteiger partial charge in [-0.25, -0.2) is 0 Å². The molecule has 0 aliphatic heterocycles. The van der Waals surface area contributed by atoms with Gasteiger partial charge in [0, 0.05) is 11.0 Å². The molecule has 0 spiro atoms. The van der Waals surface area contributed by atoms with Crippen molar-refractivity contribution in [3.8, 4) is 5.75 Å². The molecule has 6 nitrogen and oxygen atoms in total. The number of nitro benzene ring substituents is 1. The third-order valence-electron chi connectivity index (χ3n) is 3.29. The van der Waals surface area contributed by atoms with Crippen LogP contribution in [0.1, 0.15) is 5.56 Å². The van der Waals surface area contributed by atoms with E-state index in [0.29, 0.717) is 11.0 Å². The Balaban J connectivity index is 2.11. The summed E-state index contributed by atoms with van der Waals surface area (Å²) < 4.78 is 43.4. The second kappa shape index (κ2) is 8.49. The minimum atomic E-state index is -4.60. The second-order valence-corrected chi connectivity index (χ2v) is 6.41. The van der Waals surface area contributed by atoms with Gasteiger partial charge in [0.25, 0.3) is 5.91 Å². The number of halogens is 4. The Morgan fingerprint density at radius 3 is 2.59 bits per heavy atom. The predicted octanol–water partition coefficient (Wildman–Crippen LogP) is 5.01. The van der Waals surface area contributed by atoms with Crippen LogP contribution >= 0.6 is 23.4 Å². The third-order valence-corrected chi connectivity index (χ3v) is 4.34. The third kappa shape index (κ3) is 5.51. The van der Waals surface area contributed by atoms with Crippen LogP contribution in [0.2, 0.25) is 5.02 Å². The molecular weight excluding hydrogens is 409 g/mol. The zero-order valence-electron chi connectivity index (χ0n) is 13.7. The SMILES string of the molecule is CSc1ccc(OCC(=O)Nc2cc(C(F)(F)F)ccc2Cl)c([N+](=O)[O-])c1. The number of nitro groups is 1. The van der Waals surface area contributed by atoms with Crippen molar-refractivity contribution < 1.29 is 27.6 Å². The quantitative estimate of drug-likeness (QED) is 0.403. The maximum Gasteiger partial charge on any atom is 0.416 e. The molecule has 0 aromatic heterocycles. The van der Waals surface area contributed by atoms with Gasteiger partial charge in [-0.1, -0.05) is 11.6 Å². The smallest absolute Gasteiger partial charge is 0.416 e. The minimum absolute atomic E-state index is 0.0911. The van der Waals surface area contributed by atoms with E-state index in [2.05, 4.69) is 5.32 Å². The first-order chi connectivity index (χ1) is 12.6. The summed E-state index contributed by atoms with van der Waals surface area (Å²) in [4.78, 5) is 23.0. The first-order valence-electron chi connectivity index (χ1n) is 7.23. The van der Waals surface area contributed by atoms with Gasteiger partial charge in [0.2, 0.25) is 0 Å². The zero-order chi connectivity index (χ0) is 20.2. The van der Waals surface area contributed by atoms with E-state index in [1.54, 1.807) is 12.3 Å². The fourth-order valence-corrected chi connectivity index (χ4v) is 2.61. The standard InChI is InChI=1S/C16H12ClF3N2O4S/c1-27-10-3-5-14(13(7-10)22(24)25)26-8-15(23)21-12-6-9(16(18,19)20)2-4-11(12)17/h2-7H,8H2,1H3,(H,21,23). The second-order valence-electron chi connectivity index (χ2n) is 5.12. The number of hydrogen-bond donors (Lipinski definition) is 1. The normalized spacial score (nSPS) is 11.1. The molecule has 1 N–H and O–H groups in total. The van der Waals surface area contributed by atoms with Crippen molar-refractivity contribution in [2.45, 2.75) is 11.1 Å². The van der Waals surface area contributed by atoms with Gasteiger partial charge in [-0.2, -0.15) is 13.2 Å². The molecule has 144 valence electrons. The number of carbonyl (C=O) groups excluding carboxylic acids is 1. The lowest BCUT2D eigenvalue weighted by Gasteiger charge is -2.12. The molecule has 0 bridgehead atoms. The number of alkyl halides is 3. The molecular formula is C16H12ClF3N2O4S. The molecule has 2 aromatic rings. The Hall–Kier alpha value is -2.46. The molecule has 2 aromatic carbocycles. The molecule has 11 heteroatoms. The number of anilines is 1. The molecule has 0 heterocycles. The number of nitrogens with one attached hydrogen (secondary N) is 1. The fraction of sp³-hybridized carbons (Fsp3) is 0.188. The van der Waals surface area contributed by atoms with Crippen LogP contribution in [-0.2, 0) is 11.0 Å².